The standard InChI is InChI=1S/C28H38FN3O4/c1-6-26-25(19-31(16-17-34-5)18-23(33)20-35-28(2,3)4)27(36-24-14-12-21(29)13-15-24)32(30-26)22-10-8-7-9-11-22/h7-15,23,33H,6,16-20H2,1-5H3. The van der Waals surface area contributed by atoms with Crippen LogP contribution in [0.25, 0.3) is 5.69 Å². The van der Waals surface area contributed by atoms with Crippen molar-refractivity contribution in [1.29, 1.82) is 0 Å². The monoisotopic (exact) mass is 499 g/mol. The number of aryl methyl sites for hydroxylation is 1. The summed E-state index contributed by atoms with van der Waals surface area (Å²) in [4.78, 5) is 2.11. The molecule has 0 saturated carbocycles. The van der Waals surface area contributed by atoms with Crippen molar-refractivity contribution in [3.8, 4) is 17.3 Å². The predicted molar refractivity (Wildman–Crippen MR) is 138 cm³/mol. The van der Waals surface area contributed by atoms with E-state index in [1.807, 2.05) is 58.0 Å². The molecular weight excluding hydrogens is 461 g/mol. The van der Waals surface area contributed by atoms with Crippen molar-refractivity contribution in [2.45, 2.75) is 52.4 Å². The zero-order chi connectivity index (χ0) is 26.1. The molecule has 0 aliphatic heterocycles. The first-order valence-corrected chi connectivity index (χ1v) is 12.3. The highest BCUT2D eigenvalue weighted by atomic mass is 19.1. The molecule has 1 atom stereocenters. The number of aromatic nitrogens is 2. The molecule has 0 bridgehead atoms. The molecule has 1 heterocycles. The fourth-order valence-electron chi connectivity index (χ4n) is 3.76. The third-order valence-electron chi connectivity index (χ3n) is 5.55. The Morgan fingerprint density at radius 3 is 2.39 bits per heavy atom. The number of hydrogen-bond donors (Lipinski definition) is 1. The minimum absolute atomic E-state index is 0.232. The van der Waals surface area contributed by atoms with Gasteiger partial charge < -0.3 is 19.3 Å². The Morgan fingerprint density at radius 1 is 1.08 bits per heavy atom. The fraction of sp³-hybridized carbons (Fsp3) is 0.464. The quantitative estimate of drug-likeness (QED) is 0.357. The lowest BCUT2D eigenvalue weighted by Crippen LogP contribution is -2.38. The molecule has 0 spiro atoms. The molecule has 7 nitrogen and oxygen atoms in total. The minimum Gasteiger partial charge on any atom is -0.439 e. The summed E-state index contributed by atoms with van der Waals surface area (Å²) in [6.07, 6.45) is 0.0275. The summed E-state index contributed by atoms with van der Waals surface area (Å²) in [5.74, 6) is 0.748. The van der Waals surface area contributed by atoms with E-state index < -0.39 is 6.10 Å². The number of para-hydroxylation sites is 1. The van der Waals surface area contributed by atoms with Crippen molar-refractivity contribution >= 4 is 0 Å². The van der Waals surface area contributed by atoms with Crippen molar-refractivity contribution in [3.05, 3.63) is 71.7 Å². The molecule has 0 aliphatic carbocycles. The van der Waals surface area contributed by atoms with E-state index >= 15 is 0 Å². The highest BCUT2D eigenvalue weighted by Gasteiger charge is 2.24. The van der Waals surface area contributed by atoms with E-state index in [0.717, 1.165) is 16.9 Å². The number of ether oxygens (including phenoxy) is 3. The Hall–Kier alpha value is -2.78. The molecule has 2 aromatic carbocycles. The summed E-state index contributed by atoms with van der Waals surface area (Å²) < 4.78 is 32.8. The molecule has 0 saturated heterocycles. The van der Waals surface area contributed by atoms with Gasteiger partial charge in [0, 0.05) is 26.7 Å². The summed E-state index contributed by atoms with van der Waals surface area (Å²) in [7, 11) is 1.66. The van der Waals surface area contributed by atoms with Crippen molar-refractivity contribution < 1.29 is 23.7 Å². The van der Waals surface area contributed by atoms with Crippen LogP contribution in [-0.4, -0.2) is 64.9 Å². The Morgan fingerprint density at radius 2 is 1.78 bits per heavy atom. The predicted octanol–water partition coefficient (Wildman–Crippen LogP) is 4.99. The largest absolute Gasteiger partial charge is 0.439 e. The van der Waals surface area contributed by atoms with Crippen LogP contribution in [0.3, 0.4) is 0 Å². The molecule has 3 rings (SSSR count). The Balaban J connectivity index is 1.95. The van der Waals surface area contributed by atoms with Gasteiger partial charge in [0.2, 0.25) is 5.88 Å². The zero-order valence-electron chi connectivity index (χ0n) is 21.9. The van der Waals surface area contributed by atoms with Gasteiger partial charge in [-0.3, -0.25) is 4.90 Å². The van der Waals surface area contributed by atoms with Crippen LogP contribution in [0.5, 0.6) is 11.6 Å². The van der Waals surface area contributed by atoms with E-state index in [2.05, 4.69) is 4.90 Å². The number of aliphatic hydroxyl groups excluding tert-OH is 1. The number of hydrogen-bond acceptors (Lipinski definition) is 6. The lowest BCUT2D eigenvalue weighted by atomic mass is 10.1. The molecule has 36 heavy (non-hydrogen) atoms. The summed E-state index contributed by atoms with van der Waals surface area (Å²) in [6, 6.07) is 15.7. The maximum absolute atomic E-state index is 13.5. The first-order valence-electron chi connectivity index (χ1n) is 12.3. The van der Waals surface area contributed by atoms with Gasteiger partial charge in [0.15, 0.2) is 0 Å². The van der Waals surface area contributed by atoms with Gasteiger partial charge in [-0.1, -0.05) is 25.1 Å². The van der Waals surface area contributed by atoms with Crippen LogP contribution >= 0.6 is 0 Å². The van der Waals surface area contributed by atoms with E-state index in [0.29, 0.717) is 44.3 Å². The molecular formula is C28H38FN3O4. The molecule has 0 aliphatic rings. The van der Waals surface area contributed by atoms with Crippen LogP contribution in [0.15, 0.2) is 54.6 Å². The van der Waals surface area contributed by atoms with Crippen LogP contribution in [0, 0.1) is 5.82 Å². The third kappa shape index (κ3) is 8.13. The topological polar surface area (TPSA) is 69.0 Å². The fourth-order valence-corrected chi connectivity index (χ4v) is 3.76. The van der Waals surface area contributed by atoms with Gasteiger partial charge in [0.05, 0.1) is 41.9 Å². The number of halogens is 1. The molecule has 1 aromatic heterocycles. The number of rotatable bonds is 13. The summed E-state index contributed by atoms with van der Waals surface area (Å²) in [6.45, 7) is 10.2. The van der Waals surface area contributed by atoms with E-state index in [9.17, 15) is 9.50 Å². The van der Waals surface area contributed by atoms with Gasteiger partial charge in [-0.15, -0.1) is 0 Å². The molecule has 0 fully saturated rings. The maximum Gasteiger partial charge on any atom is 0.227 e. The van der Waals surface area contributed by atoms with Crippen LogP contribution in [0.2, 0.25) is 0 Å². The average Bonchev–Trinajstić information content (AvgIpc) is 3.19. The maximum atomic E-state index is 13.5. The second-order valence-corrected chi connectivity index (χ2v) is 9.69. The number of aliphatic hydroxyl groups is 1. The van der Waals surface area contributed by atoms with Gasteiger partial charge in [-0.25, -0.2) is 9.07 Å². The lowest BCUT2D eigenvalue weighted by molar-refractivity contribution is -0.0577. The summed E-state index contributed by atoms with van der Waals surface area (Å²) >= 11 is 0. The molecule has 0 radical (unpaired) electrons. The van der Waals surface area contributed by atoms with E-state index in [4.69, 9.17) is 19.3 Å². The van der Waals surface area contributed by atoms with E-state index in [1.54, 1.807) is 23.9 Å². The normalized spacial score (nSPS) is 12.8. The minimum atomic E-state index is -0.670. The second kappa shape index (κ2) is 13.0. The molecule has 8 heteroatoms. The van der Waals surface area contributed by atoms with Crippen LogP contribution < -0.4 is 4.74 Å². The van der Waals surface area contributed by atoms with Gasteiger partial charge in [-0.2, -0.15) is 5.10 Å². The van der Waals surface area contributed by atoms with E-state index in [-0.39, 0.29) is 18.0 Å². The SMILES string of the molecule is CCc1nn(-c2ccccc2)c(Oc2ccc(F)cc2)c1CN(CCOC)CC(O)COC(C)(C)C. The van der Waals surface area contributed by atoms with Crippen molar-refractivity contribution in [2.24, 2.45) is 0 Å². The van der Waals surface area contributed by atoms with Crippen LogP contribution in [0.4, 0.5) is 4.39 Å². The highest BCUT2D eigenvalue weighted by molar-refractivity contribution is 5.43. The van der Waals surface area contributed by atoms with Gasteiger partial charge in [0.1, 0.15) is 11.6 Å². The van der Waals surface area contributed by atoms with Crippen molar-refractivity contribution in [3.63, 3.8) is 0 Å². The number of benzene rings is 2. The molecule has 0 amide bonds. The van der Waals surface area contributed by atoms with Crippen LogP contribution in [0.1, 0.15) is 39.0 Å². The Labute approximate surface area is 213 Å². The van der Waals surface area contributed by atoms with Crippen molar-refractivity contribution in [1.82, 2.24) is 14.7 Å². The van der Waals surface area contributed by atoms with Gasteiger partial charge in [-0.05, 0) is 63.6 Å². The molecule has 196 valence electrons. The first kappa shape index (κ1) is 27.8. The van der Waals surface area contributed by atoms with Crippen LogP contribution in [-0.2, 0) is 22.4 Å². The van der Waals surface area contributed by atoms with Gasteiger partial charge >= 0.3 is 0 Å². The highest BCUT2D eigenvalue weighted by Crippen LogP contribution is 2.32. The lowest BCUT2D eigenvalue weighted by Gasteiger charge is -2.27. The Bertz CT molecular complexity index is 1060. The number of nitrogens with zero attached hydrogens (tertiary/aromatic N) is 3. The zero-order valence-corrected chi connectivity index (χ0v) is 21.9. The molecule has 3 aromatic rings. The summed E-state index contributed by atoms with van der Waals surface area (Å²) in [5.41, 5.74) is 2.32. The Kier molecular flexibility index (Phi) is 10.0. The smallest absolute Gasteiger partial charge is 0.227 e. The first-order chi connectivity index (χ1) is 17.2. The third-order valence-corrected chi connectivity index (χ3v) is 5.55. The summed E-state index contributed by atoms with van der Waals surface area (Å²) in [5, 5.41) is 15.6. The van der Waals surface area contributed by atoms with Gasteiger partial charge in [0.25, 0.3) is 0 Å². The average molecular weight is 500 g/mol. The number of methoxy groups -OCH3 is 1. The van der Waals surface area contributed by atoms with Crippen molar-refractivity contribution in [2.75, 3.05) is 33.4 Å². The molecule has 1 N–H and O–H groups in total. The molecule has 1 unspecified atom stereocenters. The van der Waals surface area contributed by atoms with E-state index in [1.165, 1.54) is 12.1 Å². The second-order valence-electron chi connectivity index (χ2n) is 9.69.